The largest absolute Gasteiger partial charge is 0.321 e. The van der Waals surface area contributed by atoms with Crippen LogP contribution in [0.2, 0.25) is 0 Å². The summed E-state index contributed by atoms with van der Waals surface area (Å²) in [6.07, 6.45) is 0.818. The van der Waals surface area contributed by atoms with Crippen molar-refractivity contribution in [2.75, 3.05) is 18.1 Å². The summed E-state index contributed by atoms with van der Waals surface area (Å²) in [5.74, 6) is -2.46. The van der Waals surface area contributed by atoms with E-state index in [9.17, 15) is 22.0 Å². The van der Waals surface area contributed by atoms with Gasteiger partial charge < -0.3 is 5.32 Å². The fourth-order valence-corrected chi connectivity index (χ4v) is 3.00. The fraction of sp³-hybridized carbons (Fsp3) is 0.235. The van der Waals surface area contributed by atoms with Gasteiger partial charge in [-0.25, -0.2) is 17.2 Å². The Bertz CT molecular complexity index is 822. The first-order valence-corrected chi connectivity index (χ1v) is 9.35. The number of benzene rings is 2. The van der Waals surface area contributed by atoms with Crippen LogP contribution in [0, 0.1) is 11.6 Å². The number of anilines is 1. The van der Waals surface area contributed by atoms with Crippen molar-refractivity contribution >= 4 is 21.6 Å². The van der Waals surface area contributed by atoms with E-state index < -0.39 is 33.3 Å². The fourth-order valence-electron chi connectivity index (χ4n) is 2.19. The second-order valence-electron chi connectivity index (χ2n) is 5.48. The molecule has 8 heteroatoms. The van der Waals surface area contributed by atoms with Crippen molar-refractivity contribution in [3.8, 4) is 0 Å². The molecule has 134 valence electrons. The van der Waals surface area contributed by atoms with Crippen LogP contribution in [0.4, 0.5) is 14.5 Å². The van der Waals surface area contributed by atoms with Crippen molar-refractivity contribution in [2.45, 2.75) is 13.0 Å². The molecular weight excluding hydrogens is 350 g/mol. The molecule has 2 rings (SSSR count). The molecule has 0 radical (unpaired) electrons. The molecule has 0 unspecified atom stereocenters. The maximum Gasteiger partial charge on any atom is 0.225 e. The van der Waals surface area contributed by atoms with Crippen molar-refractivity contribution in [1.82, 2.24) is 4.31 Å². The molecule has 0 heterocycles. The standard InChI is InChI=1S/C17H18F2N2O3S/c1-25(23,24)21(12-13-6-3-2-4-7-13)11-10-16(22)20-17-14(18)8-5-9-15(17)19/h2-9H,10-12H2,1H3,(H,20,22). The number of sulfonamides is 1. The Morgan fingerprint density at radius 3 is 2.20 bits per heavy atom. The summed E-state index contributed by atoms with van der Waals surface area (Å²) in [4.78, 5) is 11.9. The maximum atomic E-state index is 13.5. The van der Waals surface area contributed by atoms with Gasteiger partial charge in [0.25, 0.3) is 0 Å². The van der Waals surface area contributed by atoms with Crippen molar-refractivity contribution in [1.29, 1.82) is 0 Å². The van der Waals surface area contributed by atoms with Gasteiger partial charge in [0.15, 0.2) is 0 Å². The topological polar surface area (TPSA) is 66.5 Å². The summed E-state index contributed by atoms with van der Waals surface area (Å²) >= 11 is 0. The van der Waals surface area contributed by atoms with Crippen LogP contribution in [0.5, 0.6) is 0 Å². The van der Waals surface area contributed by atoms with Gasteiger partial charge in [-0.05, 0) is 17.7 Å². The van der Waals surface area contributed by atoms with E-state index in [1.165, 1.54) is 6.07 Å². The van der Waals surface area contributed by atoms with Gasteiger partial charge in [0.05, 0.1) is 6.26 Å². The molecule has 0 aromatic heterocycles. The summed E-state index contributed by atoms with van der Waals surface area (Å²) in [6, 6.07) is 12.1. The van der Waals surface area contributed by atoms with E-state index in [-0.39, 0.29) is 19.5 Å². The minimum atomic E-state index is -3.54. The first kappa shape index (κ1) is 19.0. The molecule has 1 amide bonds. The van der Waals surface area contributed by atoms with Crippen LogP contribution >= 0.6 is 0 Å². The van der Waals surface area contributed by atoms with Crippen LogP contribution in [0.15, 0.2) is 48.5 Å². The Hall–Kier alpha value is -2.32. The lowest BCUT2D eigenvalue weighted by Gasteiger charge is -2.20. The summed E-state index contributed by atoms with van der Waals surface area (Å²) < 4.78 is 52.0. The molecule has 0 aliphatic rings. The third kappa shape index (κ3) is 5.61. The normalized spacial score (nSPS) is 11.5. The van der Waals surface area contributed by atoms with Crippen LogP contribution < -0.4 is 5.32 Å². The number of amides is 1. The smallest absolute Gasteiger partial charge is 0.225 e. The number of hydrogen-bond donors (Lipinski definition) is 1. The lowest BCUT2D eigenvalue weighted by molar-refractivity contribution is -0.116. The zero-order chi connectivity index (χ0) is 18.4. The Morgan fingerprint density at radius 2 is 1.64 bits per heavy atom. The molecule has 2 aromatic carbocycles. The Kier molecular flexibility index (Phi) is 6.22. The van der Waals surface area contributed by atoms with E-state index in [4.69, 9.17) is 0 Å². The minimum Gasteiger partial charge on any atom is -0.321 e. The molecular formula is C17H18F2N2O3S. The predicted octanol–water partition coefficient (Wildman–Crippen LogP) is 2.76. The average molecular weight is 368 g/mol. The molecule has 25 heavy (non-hydrogen) atoms. The van der Waals surface area contributed by atoms with Crippen LogP contribution in [0.25, 0.3) is 0 Å². The molecule has 0 saturated carbocycles. The highest BCUT2D eigenvalue weighted by Crippen LogP contribution is 2.18. The first-order valence-electron chi connectivity index (χ1n) is 7.50. The predicted molar refractivity (Wildman–Crippen MR) is 91.3 cm³/mol. The van der Waals surface area contributed by atoms with Crippen LogP contribution in [-0.2, 0) is 21.4 Å². The SMILES string of the molecule is CS(=O)(=O)N(CCC(=O)Nc1c(F)cccc1F)Cc1ccccc1. The van der Waals surface area contributed by atoms with E-state index in [1.54, 1.807) is 24.3 Å². The summed E-state index contributed by atoms with van der Waals surface area (Å²) in [5.41, 5.74) is 0.231. The van der Waals surface area contributed by atoms with E-state index in [1.807, 2.05) is 6.07 Å². The first-order chi connectivity index (χ1) is 11.8. The van der Waals surface area contributed by atoms with E-state index in [2.05, 4.69) is 5.32 Å². The number of nitrogens with zero attached hydrogens (tertiary/aromatic N) is 1. The van der Waals surface area contributed by atoms with Gasteiger partial charge in [0.1, 0.15) is 17.3 Å². The number of rotatable bonds is 7. The van der Waals surface area contributed by atoms with E-state index in [0.717, 1.165) is 28.3 Å². The zero-order valence-corrected chi connectivity index (χ0v) is 14.4. The van der Waals surface area contributed by atoms with Crippen molar-refractivity contribution in [3.63, 3.8) is 0 Å². The third-order valence-corrected chi connectivity index (χ3v) is 4.74. The number of carbonyl (C=O) groups excluding carboxylic acids is 1. The van der Waals surface area contributed by atoms with Gasteiger partial charge in [-0.1, -0.05) is 36.4 Å². The molecule has 0 aliphatic heterocycles. The molecule has 2 aromatic rings. The summed E-state index contributed by atoms with van der Waals surface area (Å²) in [5, 5.41) is 2.14. The minimum absolute atomic E-state index is 0.102. The Labute approximate surface area is 145 Å². The van der Waals surface area contributed by atoms with Crippen molar-refractivity contribution in [2.24, 2.45) is 0 Å². The second-order valence-corrected chi connectivity index (χ2v) is 7.46. The van der Waals surface area contributed by atoms with Gasteiger partial charge in [-0.2, -0.15) is 4.31 Å². The molecule has 0 spiro atoms. The van der Waals surface area contributed by atoms with Crippen LogP contribution in [0.3, 0.4) is 0 Å². The highest BCUT2D eigenvalue weighted by Gasteiger charge is 2.19. The number of nitrogens with one attached hydrogen (secondary N) is 1. The summed E-state index contributed by atoms with van der Waals surface area (Å²) in [7, 11) is -3.54. The molecule has 0 aliphatic carbocycles. The van der Waals surface area contributed by atoms with E-state index in [0.29, 0.717) is 0 Å². The molecule has 0 atom stereocenters. The molecule has 0 saturated heterocycles. The zero-order valence-electron chi connectivity index (χ0n) is 13.6. The molecule has 0 fully saturated rings. The van der Waals surface area contributed by atoms with Crippen LogP contribution in [-0.4, -0.2) is 31.4 Å². The third-order valence-electron chi connectivity index (χ3n) is 3.49. The molecule has 1 N–H and O–H groups in total. The number of halogens is 2. The quantitative estimate of drug-likeness (QED) is 0.817. The van der Waals surface area contributed by atoms with Gasteiger partial charge in [-0.3, -0.25) is 4.79 Å². The van der Waals surface area contributed by atoms with E-state index >= 15 is 0 Å². The molecule has 5 nitrogen and oxygen atoms in total. The molecule has 0 bridgehead atoms. The second kappa shape index (κ2) is 8.17. The monoisotopic (exact) mass is 368 g/mol. The lowest BCUT2D eigenvalue weighted by atomic mass is 10.2. The van der Waals surface area contributed by atoms with Gasteiger partial charge >= 0.3 is 0 Å². The summed E-state index contributed by atoms with van der Waals surface area (Å²) in [6.45, 7) is 0.0106. The number of carbonyl (C=O) groups is 1. The number of hydrogen-bond acceptors (Lipinski definition) is 3. The van der Waals surface area contributed by atoms with Crippen molar-refractivity contribution in [3.05, 3.63) is 65.7 Å². The maximum absolute atomic E-state index is 13.5. The van der Waals surface area contributed by atoms with Gasteiger partial charge in [0.2, 0.25) is 15.9 Å². The number of para-hydroxylation sites is 1. The Balaban J connectivity index is 2.02. The lowest BCUT2D eigenvalue weighted by Crippen LogP contribution is -2.32. The van der Waals surface area contributed by atoms with Gasteiger partial charge in [0, 0.05) is 19.5 Å². The van der Waals surface area contributed by atoms with Gasteiger partial charge in [-0.15, -0.1) is 0 Å². The van der Waals surface area contributed by atoms with Crippen LogP contribution in [0.1, 0.15) is 12.0 Å². The van der Waals surface area contributed by atoms with Crippen molar-refractivity contribution < 1.29 is 22.0 Å². The highest BCUT2D eigenvalue weighted by molar-refractivity contribution is 7.88. The highest BCUT2D eigenvalue weighted by atomic mass is 32.2. The Morgan fingerprint density at radius 1 is 1.04 bits per heavy atom. The average Bonchev–Trinajstić information content (AvgIpc) is 2.55.